The molecule has 0 bridgehead atoms. The third kappa shape index (κ3) is 4.51. The predicted molar refractivity (Wildman–Crippen MR) is 74.9 cm³/mol. The second kappa shape index (κ2) is 7.50. The second-order valence-electron chi connectivity index (χ2n) is 3.45. The molecule has 1 N–H and O–H groups in total. The van der Waals surface area contributed by atoms with Crippen LogP contribution >= 0.6 is 22.6 Å². The zero-order valence-electron chi connectivity index (χ0n) is 9.96. The van der Waals surface area contributed by atoms with Crippen LogP contribution in [0.5, 0.6) is 5.75 Å². The van der Waals surface area contributed by atoms with E-state index in [1.807, 2.05) is 12.1 Å². The van der Waals surface area contributed by atoms with Crippen molar-refractivity contribution < 1.29 is 14.3 Å². The summed E-state index contributed by atoms with van der Waals surface area (Å²) in [5, 5.41) is 2.78. The van der Waals surface area contributed by atoms with Gasteiger partial charge < -0.3 is 14.8 Å². The molecule has 1 rings (SSSR count). The van der Waals surface area contributed by atoms with Crippen molar-refractivity contribution in [3.8, 4) is 5.75 Å². The van der Waals surface area contributed by atoms with Crippen LogP contribution in [0.25, 0.3) is 0 Å². The summed E-state index contributed by atoms with van der Waals surface area (Å²) in [6.07, 6.45) is 0. The van der Waals surface area contributed by atoms with Crippen molar-refractivity contribution in [3.63, 3.8) is 0 Å². The molecule has 0 aliphatic heterocycles. The van der Waals surface area contributed by atoms with Crippen LogP contribution in [0.3, 0.4) is 0 Å². The van der Waals surface area contributed by atoms with Crippen molar-refractivity contribution in [1.82, 2.24) is 5.32 Å². The third-order valence-electron chi connectivity index (χ3n) is 2.21. The molecule has 0 radical (unpaired) electrons. The monoisotopic (exact) mass is 349 g/mol. The van der Waals surface area contributed by atoms with E-state index in [1.54, 1.807) is 20.3 Å². The molecule has 0 atom stereocenters. The maximum atomic E-state index is 11.8. The average Bonchev–Trinajstić information content (AvgIpc) is 2.38. The van der Waals surface area contributed by atoms with Crippen LogP contribution in [0.1, 0.15) is 15.9 Å². The van der Waals surface area contributed by atoms with Gasteiger partial charge in [-0.1, -0.05) is 22.6 Å². The van der Waals surface area contributed by atoms with Gasteiger partial charge in [-0.05, 0) is 23.8 Å². The highest BCUT2D eigenvalue weighted by Crippen LogP contribution is 2.19. The molecular formula is C12H16INO3. The average molecular weight is 349 g/mol. The summed E-state index contributed by atoms with van der Waals surface area (Å²) in [6.45, 7) is 1.01. The molecule has 4 nitrogen and oxygen atoms in total. The van der Waals surface area contributed by atoms with Crippen molar-refractivity contribution in [2.75, 3.05) is 27.4 Å². The Labute approximate surface area is 115 Å². The fraction of sp³-hybridized carbons (Fsp3) is 0.417. The summed E-state index contributed by atoms with van der Waals surface area (Å²) in [6, 6.07) is 5.54. The number of benzene rings is 1. The first-order valence-electron chi connectivity index (χ1n) is 5.22. The van der Waals surface area contributed by atoms with Gasteiger partial charge in [-0.2, -0.15) is 0 Å². The normalized spacial score (nSPS) is 10.1. The highest BCUT2D eigenvalue weighted by atomic mass is 127. The quantitative estimate of drug-likeness (QED) is 0.486. The number of nitrogens with one attached hydrogen (secondary N) is 1. The molecule has 17 heavy (non-hydrogen) atoms. The Kier molecular flexibility index (Phi) is 6.28. The minimum Gasteiger partial charge on any atom is -0.497 e. The first-order chi connectivity index (χ1) is 8.21. The van der Waals surface area contributed by atoms with Crippen molar-refractivity contribution in [2.45, 2.75) is 4.43 Å². The van der Waals surface area contributed by atoms with Gasteiger partial charge in [0, 0.05) is 23.6 Å². The van der Waals surface area contributed by atoms with Crippen LogP contribution in [0.4, 0.5) is 0 Å². The first-order valence-corrected chi connectivity index (χ1v) is 6.75. The van der Waals surface area contributed by atoms with Crippen LogP contribution in [0.15, 0.2) is 18.2 Å². The number of carbonyl (C=O) groups is 1. The lowest BCUT2D eigenvalue weighted by Gasteiger charge is -2.08. The van der Waals surface area contributed by atoms with Crippen LogP contribution in [0.2, 0.25) is 0 Å². The van der Waals surface area contributed by atoms with Crippen molar-refractivity contribution in [1.29, 1.82) is 0 Å². The summed E-state index contributed by atoms with van der Waals surface area (Å²) in [4.78, 5) is 11.8. The Morgan fingerprint density at radius 3 is 2.71 bits per heavy atom. The molecular weight excluding hydrogens is 333 g/mol. The Bertz CT molecular complexity index is 360. The van der Waals surface area contributed by atoms with Gasteiger partial charge >= 0.3 is 0 Å². The Morgan fingerprint density at radius 1 is 1.35 bits per heavy atom. The van der Waals surface area contributed by atoms with E-state index in [4.69, 9.17) is 9.47 Å². The molecule has 5 heteroatoms. The maximum Gasteiger partial charge on any atom is 0.251 e. The summed E-state index contributed by atoms with van der Waals surface area (Å²) < 4.78 is 10.9. The maximum absolute atomic E-state index is 11.8. The highest BCUT2D eigenvalue weighted by molar-refractivity contribution is 14.1. The lowest BCUT2D eigenvalue weighted by molar-refractivity contribution is 0.0936. The van der Waals surface area contributed by atoms with Gasteiger partial charge in [0.15, 0.2) is 0 Å². The SMILES string of the molecule is COCCNC(=O)c1cc(CI)cc(OC)c1. The van der Waals surface area contributed by atoms with E-state index in [0.29, 0.717) is 24.5 Å². The number of methoxy groups -OCH3 is 2. The van der Waals surface area contributed by atoms with Crippen LogP contribution in [-0.4, -0.2) is 33.3 Å². The molecule has 1 aromatic carbocycles. The summed E-state index contributed by atoms with van der Waals surface area (Å²) in [5.41, 5.74) is 1.69. The molecule has 0 fully saturated rings. The zero-order valence-corrected chi connectivity index (χ0v) is 12.1. The summed E-state index contributed by atoms with van der Waals surface area (Å²) in [7, 11) is 3.20. The van der Waals surface area contributed by atoms with E-state index in [2.05, 4.69) is 27.9 Å². The molecule has 0 heterocycles. The fourth-order valence-electron chi connectivity index (χ4n) is 1.36. The summed E-state index contributed by atoms with van der Waals surface area (Å²) in [5.74, 6) is 0.600. The Hall–Kier alpha value is -0.820. The number of carbonyl (C=O) groups excluding carboxylic acids is 1. The van der Waals surface area contributed by atoms with Crippen LogP contribution in [-0.2, 0) is 9.16 Å². The van der Waals surface area contributed by atoms with Crippen molar-refractivity contribution in [3.05, 3.63) is 29.3 Å². The van der Waals surface area contributed by atoms with Gasteiger partial charge in [0.25, 0.3) is 5.91 Å². The van der Waals surface area contributed by atoms with Crippen molar-refractivity contribution in [2.24, 2.45) is 0 Å². The van der Waals surface area contributed by atoms with E-state index in [1.165, 1.54) is 0 Å². The molecule has 1 aromatic rings. The molecule has 0 spiro atoms. The minimum absolute atomic E-state index is 0.105. The van der Waals surface area contributed by atoms with Gasteiger partial charge in [-0.15, -0.1) is 0 Å². The molecule has 94 valence electrons. The van der Waals surface area contributed by atoms with Crippen LogP contribution in [0, 0.1) is 0 Å². The third-order valence-corrected chi connectivity index (χ3v) is 3.09. The van der Waals surface area contributed by atoms with E-state index < -0.39 is 0 Å². The van der Waals surface area contributed by atoms with E-state index in [-0.39, 0.29) is 5.91 Å². The number of halogens is 1. The number of hydrogen-bond donors (Lipinski definition) is 1. The molecule has 0 unspecified atom stereocenters. The fourth-order valence-corrected chi connectivity index (χ4v) is 1.80. The van der Waals surface area contributed by atoms with Gasteiger partial charge in [0.2, 0.25) is 0 Å². The van der Waals surface area contributed by atoms with Crippen molar-refractivity contribution >= 4 is 28.5 Å². The highest BCUT2D eigenvalue weighted by Gasteiger charge is 2.08. The Balaban J connectivity index is 2.77. The molecule has 1 amide bonds. The van der Waals surface area contributed by atoms with Crippen LogP contribution < -0.4 is 10.1 Å². The van der Waals surface area contributed by atoms with Gasteiger partial charge in [-0.3, -0.25) is 4.79 Å². The van der Waals surface area contributed by atoms with Gasteiger partial charge in [-0.25, -0.2) is 0 Å². The van der Waals surface area contributed by atoms with Gasteiger partial charge in [0.05, 0.1) is 13.7 Å². The largest absolute Gasteiger partial charge is 0.497 e. The Morgan fingerprint density at radius 2 is 2.12 bits per heavy atom. The standard InChI is InChI=1S/C12H16INO3/c1-16-4-3-14-12(15)10-5-9(8-13)6-11(7-10)17-2/h5-7H,3-4,8H2,1-2H3,(H,14,15). The van der Waals surface area contributed by atoms with Gasteiger partial charge in [0.1, 0.15) is 5.75 Å². The molecule has 0 aliphatic rings. The van der Waals surface area contributed by atoms with E-state index in [9.17, 15) is 4.79 Å². The van der Waals surface area contributed by atoms with E-state index in [0.717, 1.165) is 9.99 Å². The molecule has 0 aliphatic carbocycles. The lowest BCUT2D eigenvalue weighted by atomic mass is 10.1. The minimum atomic E-state index is -0.105. The summed E-state index contributed by atoms with van der Waals surface area (Å²) >= 11 is 2.25. The first kappa shape index (κ1) is 14.2. The number of ether oxygens (including phenoxy) is 2. The lowest BCUT2D eigenvalue weighted by Crippen LogP contribution is -2.27. The smallest absolute Gasteiger partial charge is 0.251 e. The second-order valence-corrected chi connectivity index (χ2v) is 4.21. The molecule has 0 saturated carbocycles. The predicted octanol–water partition coefficient (Wildman–Crippen LogP) is 2.01. The number of rotatable bonds is 6. The zero-order chi connectivity index (χ0) is 12.7. The number of hydrogen-bond acceptors (Lipinski definition) is 3. The molecule has 0 aromatic heterocycles. The number of alkyl halides is 1. The van der Waals surface area contributed by atoms with E-state index >= 15 is 0 Å². The number of amides is 1. The topological polar surface area (TPSA) is 47.6 Å². The molecule has 0 saturated heterocycles.